The number of aliphatic hydroxyl groups is 1. The number of nitrogens with zero attached hydrogens (tertiary/aromatic N) is 1. The fourth-order valence-corrected chi connectivity index (χ4v) is 2.00. The van der Waals surface area contributed by atoms with Gasteiger partial charge in [-0.2, -0.15) is 0 Å². The Bertz CT molecular complexity index is 505. The van der Waals surface area contributed by atoms with E-state index in [0.717, 1.165) is 5.56 Å². The van der Waals surface area contributed by atoms with Crippen molar-refractivity contribution >= 4 is 11.8 Å². The maximum Gasteiger partial charge on any atom is 0.415 e. The predicted molar refractivity (Wildman–Crippen MR) is 76.2 cm³/mol. The molecular weight excluding hydrogens is 258 g/mol. The molecule has 1 aliphatic rings. The molecule has 110 valence electrons. The molecule has 20 heavy (non-hydrogen) atoms. The van der Waals surface area contributed by atoms with Gasteiger partial charge in [-0.15, -0.1) is 0 Å². The molecule has 1 N–H and O–H groups in total. The van der Waals surface area contributed by atoms with Crippen LogP contribution in [0.3, 0.4) is 0 Å². The molecular formula is C15H21NO4. The van der Waals surface area contributed by atoms with Gasteiger partial charge in [0.1, 0.15) is 18.0 Å². The minimum Gasteiger partial charge on any atom is -0.490 e. The molecule has 1 aromatic rings. The van der Waals surface area contributed by atoms with E-state index in [-0.39, 0.29) is 0 Å². The summed E-state index contributed by atoms with van der Waals surface area (Å²) < 4.78 is 10.9. The molecule has 1 aromatic carbocycles. The number of amides is 1. The molecule has 0 bridgehead atoms. The Morgan fingerprint density at radius 1 is 1.45 bits per heavy atom. The van der Waals surface area contributed by atoms with Crippen LogP contribution in [0.15, 0.2) is 18.2 Å². The van der Waals surface area contributed by atoms with Crippen molar-refractivity contribution in [2.75, 3.05) is 18.1 Å². The zero-order chi connectivity index (χ0) is 14.9. The topological polar surface area (TPSA) is 59.0 Å². The summed E-state index contributed by atoms with van der Waals surface area (Å²) in [6, 6.07) is 5.33. The van der Waals surface area contributed by atoms with Crippen molar-refractivity contribution in [2.24, 2.45) is 0 Å². The Morgan fingerprint density at radius 3 is 2.75 bits per heavy atom. The van der Waals surface area contributed by atoms with Crippen molar-refractivity contribution in [1.82, 2.24) is 0 Å². The van der Waals surface area contributed by atoms with Crippen molar-refractivity contribution in [2.45, 2.75) is 39.4 Å². The largest absolute Gasteiger partial charge is 0.490 e. The van der Waals surface area contributed by atoms with Gasteiger partial charge in [0, 0.05) is 0 Å². The van der Waals surface area contributed by atoms with Crippen molar-refractivity contribution < 1.29 is 19.4 Å². The van der Waals surface area contributed by atoms with E-state index in [1.54, 1.807) is 30.0 Å². The van der Waals surface area contributed by atoms with E-state index in [1.165, 1.54) is 0 Å². The molecule has 5 nitrogen and oxygen atoms in total. The zero-order valence-corrected chi connectivity index (χ0v) is 12.3. The number of carbonyl (C=O) groups is 1. The molecule has 5 heteroatoms. The average molecular weight is 279 g/mol. The van der Waals surface area contributed by atoms with E-state index in [1.807, 2.05) is 20.8 Å². The summed E-state index contributed by atoms with van der Waals surface area (Å²) in [6.45, 7) is 8.05. The van der Waals surface area contributed by atoms with Gasteiger partial charge >= 0.3 is 6.09 Å². The van der Waals surface area contributed by atoms with Crippen LogP contribution in [-0.2, 0) is 4.74 Å². The SMILES string of the molecule is CC(O)c1ccc2c(c1)N(C(=O)OC(C)(C)C)CCO2. The molecule has 0 spiro atoms. The highest BCUT2D eigenvalue weighted by Crippen LogP contribution is 2.34. The quantitative estimate of drug-likeness (QED) is 0.858. The second kappa shape index (κ2) is 5.32. The number of ether oxygens (including phenoxy) is 2. The molecule has 0 fully saturated rings. The van der Waals surface area contributed by atoms with Gasteiger partial charge in [0.2, 0.25) is 0 Å². The molecule has 2 rings (SSSR count). The van der Waals surface area contributed by atoms with Crippen LogP contribution in [0.5, 0.6) is 5.75 Å². The van der Waals surface area contributed by atoms with Crippen LogP contribution < -0.4 is 9.64 Å². The van der Waals surface area contributed by atoms with E-state index < -0.39 is 17.8 Å². The number of benzene rings is 1. The van der Waals surface area contributed by atoms with Crippen LogP contribution in [-0.4, -0.2) is 30.0 Å². The second-order valence-electron chi connectivity index (χ2n) is 5.88. The first-order valence-corrected chi connectivity index (χ1v) is 6.73. The maximum absolute atomic E-state index is 12.2. The summed E-state index contributed by atoms with van der Waals surface area (Å²) in [5.41, 5.74) is 0.837. The van der Waals surface area contributed by atoms with Crippen LogP contribution in [0.1, 0.15) is 39.4 Å². The van der Waals surface area contributed by atoms with Gasteiger partial charge < -0.3 is 14.6 Å². The predicted octanol–water partition coefficient (Wildman–Crippen LogP) is 2.87. The van der Waals surface area contributed by atoms with Crippen molar-refractivity contribution in [1.29, 1.82) is 0 Å². The van der Waals surface area contributed by atoms with Gasteiger partial charge in [0.05, 0.1) is 18.3 Å². The summed E-state index contributed by atoms with van der Waals surface area (Å²) >= 11 is 0. The van der Waals surface area contributed by atoms with E-state index in [9.17, 15) is 9.90 Å². The van der Waals surface area contributed by atoms with Crippen molar-refractivity contribution in [3.8, 4) is 5.75 Å². The third kappa shape index (κ3) is 3.22. The van der Waals surface area contributed by atoms with Gasteiger partial charge in [-0.25, -0.2) is 4.79 Å². The first-order chi connectivity index (χ1) is 9.28. The molecule has 1 unspecified atom stereocenters. The summed E-state index contributed by atoms with van der Waals surface area (Å²) in [7, 11) is 0. The van der Waals surface area contributed by atoms with Gasteiger partial charge in [-0.05, 0) is 45.4 Å². The van der Waals surface area contributed by atoms with Crippen LogP contribution >= 0.6 is 0 Å². The Kier molecular flexibility index (Phi) is 3.90. The number of carbonyl (C=O) groups excluding carboxylic acids is 1. The minimum absolute atomic E-state index is 0.398. The van der Waals surface area contributed by atoms with Crippen LogP contribution in [0.4, 0.5) is 10.5 Å². The molecule has 0 radical (unpaired) electrons. The molecule has 1 aliphatic heterocycles. The molecule has 0 aromatic heterocycles. The van der Waals surface area contributed by atoms with Crippen molar-refractivity contribution in [3.63, 3.8) is 0 Å². The lowest BCUT2D eigenvalue weighted by atomic mass is 10.1. The Hall–Kier alpha value is -1.75. The summed E-state index contributed by atoms with van der Waals surface area (Å²) in [5.74, 6) is 0.631. The van der Waals surface area contributed by atoms with Crippen molar-refractivity contribution in [3.05, 3.63) is 23.8 Å². The Morgan fingerprint density at radius 2 is 2.15 bits per heavy atom. The Labute approximate surface area is 119 Å². The fourth-order valence-electron chi connectivity index (χ4n) is 2.00. The lowest BCUT2D eigenvalue weighted by Crippen LogP contribution is -2.41. The fraction of sp³-hybridized carbons (Fsp3) is 0.533. The molecule has 0 saturated carbocycles. The van der Waals surface area contributed by atoms with E-state index in [4.69, 9.17) is 9.47 Å². The number of rotatable bonds is 1. The lowest BCUT2D eigenvalue weighted by Gasteiger charge is -2.32. The number of hydrogen-bond donors (Lipinski definition) is 1. The molecule has 1 atom stereocenters. The maximum atomic E-state index is 12.2. The number of anilines is 1. The average Bonchev–Trinajstić information content (AvgIpc) is 2.35. The number of aliphatic hydroxyl groups excluding tert-OH is 1. The van der Waals surface area contributed by atoms with Gasteiger partial charge in [0.25, 0.3) is 0 Å². The highest BCUT2D eigenvalue weighted by atomic mass is 16.6. The first-order valence-electron chi connectivity index (χ1n) is 6.73. The third-order valence-electron chi connectivity index (χ3n) is 2.94. The number of fused-ring (bicyclic) bond motifs is 1. The minimum atomic E-state index is -0.595. The summed E-state index contributed by atoms with van der Waals surface area (Å²) in [5, 5.41) is 9.66. The monoisotopic (exact) mass is 279 g/mol. The lowest BCUT2D eigenvalue weighted by molar-refractivity contribution is 0.0567. The van der Waals surface area contributed by atoms with E-state index in [2.05, 4.69) is 0 Å². The normalized spacial score (nSPS) is 16.1. The van der Waals surface area contributed by atoms with Crippen LogP contribution in [0, 0.1) is 0 Å². The second-order valence-corrected chi connectivity index (χ2v) is 5.88. The molecule has 1 heterocycles. The van der Waals surface area contributed by atoms with Crippen LogP contribution in [0.25, 0.3) is 0 Å². The number of hydrogen-bond acceptors (Lipinski definition) is 4. The zero-order valence-electron chi connectivity index (χ0n) is 12.3. The van der Waals surface area contributed by atoms with E-state index >= 15 is 0 Å². The summed E-state index contributed by atoms with van der Waals surface area (Å²) in [6.07, 6.45) is -0.993. The smallest absolute Gasteiger partial charge is 0.415 e. The Balaban J connectivity index is 2.31. The third-order valence-corrected chi connectivity index (χ3v) is 2.94. The highest BCUT2D eigenvalue weighted by Gasteiger charge is 2.28. The summed E-state index contributed by atoms with van der Waals surface area (Å²) in [4.78, 5) is 13.8. The molecule has 0 aliphatic carbocycles. The highest BCUT2D eigenvalue weighted by molar-refractivity contribution is 5.90. The van der Waals surface area contributed by atoms with Gasteiger partial charge in [-0.1, -0.05) is 6.07 Å². The van der Waals surface area contributed by atoms with Gasteiger partial charge in [-0.3, -0.25) is 4.90 Å². The van der Waals surface area contributed by atoms with E-state index in [0.29, 0.717) is 24.6 Å². The standard InChI is InChI=1S/C15H21NO4/c1-10(17)11-5-6-13-12(9-11)16(7-8-19-13)14(18)20-15(2,3)4/h5-6,9-10,17H,7-8H2,1-4H3. The first kappa shape index (κ1) is 14.7. The van der Waals surface area contributed by atoms with Crippen LogP contribution in [0.2, 0.25) is 0 Å². The van der Waals surface area contributed by atoms with Gasteiger partial charge in [0.15, 0.2) is 0 Å². The molecule has 1 amide bonds. The molecule has 0 saturated heterocycles.